The minimum absolute atomic E-state index is 0.0740. The molecule has 0 spiro atoms. The lowest BCUT2D eigenvalue weighted by Crippen LogP contribution is -2.36. The zero-order chi connectivity index (χ0) is 13.3. The Hall–Kier alpha value is -1.66. The van der Waals surface area contributed by atoms with Gasteiger partial charge in [0.2, 0.25) is 0 Å². The van der Waals surface area contributed by atoms with Crippen LogP contribution in [0, 0.1) is 0 Å². The Balaban J connectivity index is 2.23. The molecule has 0 saturated heterocycles. The molecular formula is C12H18N4O2. The molecule has 0 amide bonds. The highest BCUT2D eigenvalue weighted by atomic mass is 16.3. The van der Waals surface area contributed by atoms with E-state index >= 15 is 0 Å². The van der Waals surface area contributed by atoms with Crippen molar-refractivity contribution in [2.45, 2.75) is 26.0 Å². The summed E-state index contributed by atoms with van der Waals surface area (Å²) >= 11 is 0. The van der Waals surface area contributed by atoms with Crippen molar-refractivity contribution in [3.63, 3.8) is 0 Å². The van der Waals surface area contributed by atoms with Gasteiger partial charge in [-0.3, -0.25) is 9.36 Å². The van der Waals surface area contributed by atoms with E-state index in [0.717, 1.165) is 0 Å². The van der Waals surface area contributed by atoms with Gasteiger partial charge in [0.25, 0.3) is 5.56 Å². The Bertz CT molecular complexity index is 607. The number of hydrogen-bond donors (Lipinski definition) is 2. The summed E-state index contributed by atoms with van der Waals surface area (Å²) < 4.78 is 3.09. The average molecular weight is 250 g/mol. The third-order valence-electron chi connectivity index (χ3n) is 2.70. The molecule has 0 unspecified atom stereocenters. The molecule has 0 aliphatic rings. The van der Waals surface area contributed by atoms with Crippen molar-refractivity contribution in [1.82, 2.24) is 19.5 Å². The lowest BCUT2D eigenvalue weighted by molar-refractivity contribution is 0.0792. The van der Waals surface area contributed by atoms with Gasteiger partial charge >= 0.3 is 0 Å². The Morgan fingerprint density at radius 2 is 2.22 bits per heavy atom. The van der Waals surface area contributed by atoms with Crippen LogP contribution in [0.4, 0.5) is 0 Å². The van der Waals surface area contributed by atoms with Gasteiger partial charge in [-0.05, 0) is 26.0 Å². The van der Waals surface area contributed by atoms with E-state index in [1.54, 1.807) is 43.7 Å². The molecule has 18 heavy (non-hydrogen) atoms. The summed E-state index contributed by atoms with van der Waals surface area (Å²) in [5.74, 6) is 0.632. The van der Waals surface area contributed by atoms with Gasteiger partial charge < -0.3 is 10.4 Å². The summed E-state index contributed by atoms with van der Waals surface area (Å²) in [4.78, 5) is 12.0. The van der Waals surface area contributed by atoms with E-state index < -0.39 is 5.60 Å². The molecule has 0 aliphatic carbocycles. The van der Waals surface area contributed by atoms with Crippen LogP contribution in [0.3, 0.4) is 0 Å². The molecule has 0 radical (unpaired) electrons. The van der Waals surface area contributed by atoms with E-state index in [4.69, 9.17) is 0 Å². The van der Waals surface area contributed by atoms with Gasteiger partial charge in [0, 0.05) is 19.8 Å². The highest BCUT2D eigenvalue weighted by molar-refractivity contribution is 5.43. The van der Waals surface area contributed by atoms with Crippen LogP contribution in [0.1, 0.15) is 19.7 Å². The van der Waals surface area contributed by atoms with Crippen LogP contribution < -0.4 is 10.9 Å². The minimum Gasteiger partial charge on any atom is -0.389 e. The fourth-order valence-electron chi connectivity index (χ4n) is 1.74. The lowest BCUT2D eigenvalue weighted by atomic mass is 10.1. The van der Waals surface area contributed by atoms with E-state index in [1.165, 1.54) is 4.57 Å². The van der Waals surface area contributed by atoms with Crippen molar-refractivity contribution in [3.05, 3.63) is 34.5 Å². The lowest BCUT2D eigenvalue weighted by Gasteiger charge is -2.18. The molecule has 0 fully saturated rings. The number of fused-ring (bicyclic) bond motifs is 1. The summed E-state index contributed by atoms with van der Waals surface area (Å²) in [6.07, 6.45) is 1.75. The van der Waals surface area contributed by atoms with Gasteiger partial charge in [-0.2, -0.15) is 5.10 Å². The van der Waals surface area contributed by atoms with Crippen LogP contribution >= 0.6 is 0 Å². The second kappa shape index (κ2) is 4.55. The predicted octanol–water partition coefficient (Wildman–Crippen LogP) is -0.107. The van der Waals surface area contributed by atoms with Gasteiger partial charge in [-0.25, -0.2) is 4.52 Å². The smallest absolute Gasteiger partial charge is 0.277 e. The van der Waals surface area contributed by atoms with Crippen molar-refractivity contribution in [1.29, 1.82) is 0 Å². The maximum Gasteiger partial charge on any atom is 0.277 e. The quantitative estimate of drug-likeness (QED) is 0.794. The van der Waals surface area contributed by atoms with Crippen LogP contribution in [0.2, 0.25) is 0 Å². The highest BCUT2D eigenvalue weighted by Crippen LogP contribution is 2.00. The molecule has 6 heteroatoms. The van der Waals surface area contributed by atoms with Crippen molar-refractivity contribution in [3.8, 4) is 0 Å². The first-order valence-electron chi connectivity index (χ1n) is 5.85. The van der Waals surface area contributed by atoms with Crippen LogP contribution in [0.15, 0.2) is 23.1 Å². The van der Waals surface area contributed by atoms with Crippen molar-refractivity contribution in [2.24, 2.45) is 7.05 Å². The summed E-state index contributed by atoms with van der Waals surface area (Å²) in [5.41, 5.74) is -0.296. The molecule has 2 N–H and O–H groups in total. The van der Waals surface area contributed by atoms with E-state index in [9.17, 15) is 9.90 Å². The molecule has 0 bridgehead atoms. The summed E-state index contributed by atoms with van der Waals surface area (Å²) in [6.45, 7) is 4.32. The number of rotatable bonds is 4. The molecule has 6 nitrogen and oxygen atoms in total. The molecule has 0 aromatic carbocycles. The average Bonchev–Trinajstić information content (AvgIpc) is 2.71. The number of aliphatic hydroxyl groups is 1. The Morgan fingerprint density at radius 1 is 1.50 bits per heavy atom. The largest absolute Gasteiger partial charge is 0.389 e. The molecule has 0 aliphatic heterocycles. The van der Waals surface area contributed by atoms with E-state index in [1.807, 2.05) is 0 Å². The molecule has 2 aromatic rings. The van der Waals surface area contributed by atoms with Gasteiger partial charge in [-0.1, -0.05) is 0 Å². The topological polar surface area (TPSA) is 71.6 Å². The normalized spacial score (nSPS) is 12.2. The second-order valence-corrected chi connectivity index (χ2v) is 5.03. The number of aromatic nitrogens is 3. The predicted molar refractivity (Wildman–Crippen MR) is 68.4 cm³/mol. The zero-order valence-electron chi connectivity index (χ0n) is 10.8. The van der Waals surface area contributed by atoms with Gasteiger partial charge in [0.1, 0.15) is 11.3 Å². The van der Waals surface area contributed by atoms with Crippen LogP contribution in [0.5, 0.6) is 0 Å². The molecule has 0 saturated carbocycles. The molecule has 2 heterocycles. The molecule has 2 rings (SSSR count). The van der Waals surface area contributed by atoms with Crippen molar-refractivity contribution in [2.75, 3.05) is 6.54 Å². The first kappa shape index (κ1) is 12.8. The zero-order valence-corrected chi connectivity index (χ0v) is 10.8. The van der Waals surface area contributed by atoms with Crippen LogP contribution in [-0.2, 0) is 13.6 Å². The fraction of sp³-hybridized carbons (Fsp3) is 0.500. The maximum atomic E-state index is 12.0. The van der Waals surface area contributed by atoms with E-state index in [2.05, 4.69) is 10.4 Å². The number of nitrogens with one attached hydrogen (secondary N) is 1. The van der Waals surface area contributed by atoms with Crippen molar-refractivity contribution < 1.29 is 5.11 Å². The first-order chi connectivity index (χ1) is 8.38. The first-order valence-corrected chi connectivity index (χ1v) is 5.85. The SMILES string of the molecule is Cn1c(CNCC(C)(C)O)nn2cccc2c1=O. The molecule has 2 aromatic heterocycles. The Morgan fingerprint density at radius 3 is 2.89 bits per heavy atom. The monoisotopic (exact) mass is 250 g/mol. The van der Waals surface area contributed by atoms with E-state index in [0.29, 0.717) is 24.4 Å². The van der Waals surface area contributed by atoms with Crippen LogP contribution in [0.25, 0.3) is 5.52 Å². The summed E-state index contributed by atoms with van der Waals surface area (Å²) in [7, 11) is 1.70. The van der Waals surface area contributed by atoms with Crippen molar-refractivity contribution >= 4 is 5.52 Å². The molecule has 0 atom stereocenters. The van der Waals surface area contributed by atoms with E-state index in [-0.39, 0.29) is 5.56 Å². The standard InChI is InChI=1S/C12H18N4O2/c1-12(2,18)8-13-7-10-14-16-6-4-5-9(16)11(17)15(10)3/h4-6,13,18H,7-8H2,1-3H3. The highest BCUT2D eigenvalue weighted by Gasteiger charge is 2.13. The van der Waals surface area contributed by atoms with Gasteiger partial charge in [-0.15, -0.1) is 0 Å². The Kier molecular flexibility index (Phi) is 3.23. The fourth-order valence-corrected chi connectivity index (χ4v) is 1.74. The third-order valence-corrected chi connectivity index (χ3v) is 2.70. The maximum absolute atomic E-state index is 12.0. The number of hydrogen-bond acceptors (Lipinski definition) is 4. The summed E-state index contributed by atoms with van der Waals surface area (Å²) in [6, 6.07) is 3.53. The van der Waals surface area contributed by atoms with Gasteiger partial charge in [0.15, 0.2) is 0 Å². The minimum atomic E-state index is -0.781. The number of nitrogens with zero attached hydrogens (tertiary/aromatic N) is 3. The Labute approximate surface area is 105 Å². The van der Waals surface area contributed by atoms with Gasteiger partial charge in [0.05, 0.1) is 12.1 Å². The second-order valence-electron chi connectivity index (χ2n) is 5.03. The molecular weight excluding hydrogens is 232 g/mol. The summed E-state index contributed by atoms with van der Waals surface area (Å²) in [5, 5.41) is 17.0. The van der Waals surface area contributed by atoms with Crippen LogP contribution in [-0.4, -0.2) is 31.4 Å². The molecule has 98 valence electrons. The third kappa shape index (κ3) is 2.60.